The molecule has 3 N–H and O–H groups in total. The van der Waals surface area contributed by atoms with E-state index in [1.165, 1.54) is 7.11 Å². The second-order valence-corrected chi connectivity index (χ2v) is 3.65. The fourth-order valence-electron chi connectivity index (χ4n) is 1.28. The Kier molecular flexibility index (Phi) is 5.34. The molecular formula is C12H14N2O5. The van der Waals surface area contributed by atoms with Gasteiger partial charge < -0.3 is 20.5 Å². The molecular weight excluding hydrogens is 252 g/mol. The first-order valence-corrected chi connectivity index (χ1v) is 5.43. The minimum Gasteiger partial charge on any atom is -0.481 e. The van der Waals surface area contributed by atoms with Crippen LogP contribution in [-0.2, 0) is 20.7 Å². The maximum Gasteiger partial charge on any atom is 0.325 e. The molecule has 0 unspecified atom stereocenters. The summed E-state index contributed by atoms with van der Waals surface area (Å²) in [5, 5.41) is 13.4. The minimum absolute atomic E-state index is 0.0746. The van der Waals surface area contributed by atoms with Crippen molar-refractivity contribution in [3.63, 3.8) is 0 Å². The van der Waals surface area contributed by atoms with Gasteiger partial charge in [0, 0.05) is 5.69 Å². The minimum atomic E-state index is -0.920. The van der Waals surface area contributed by atoms with Gasteiger partial charge in [-0.3, -0.25) is 9.59 Å². The maximum absolute atomic E-state index is 11.4. The van der Waals surface area contributed by atoms with Gasteiger partial charge in [0.1, 0.15) is 6.54 Å². The first kappa shape index (κ1) is 14.5. The van der Waals surface area contributed by atoms with E-state index >= 15 is 0 Å². The number of carboxylic acids is 1. The van der Waals surface area contributed by atoms with Gasteiger partial charge in [0.25, 0.3) is 0 Å². The van der Waals surface area contributed by atoms with Gasteiger partial charge in [-0.25, -0.2) is 4.79 Å². The molecule has 2 amide bonds. The summed E-state index contributed by atoms with van der Waals surface area (Å²) >= 11 is 0. The highest BCUT2D eigenvalue weighted by Crippen LogP contribution is 2.09. The van der Waals surface area contributed by atoms with Crippen molar-refractivity contribution in [1.82, 2.24) is 5.32 Å². The van der Waals surface area contributed by atoms with Crippen molar-refractivity contribution in [3.8, 4) is 0 Å². The molecule has 0 aliphatic heterocycles. The number of methoxy groups -OCH3 is 1. The van der Waals surface area contributed by atoms with Gasteiger partial charge in [0.2, 0.25) is 0 Å². The summed E-state index contributed by atoms with van der Waals surface area (Å²) in [6, 6.07) is 5.82. The van der Waals surface area contributed by atoms with Crippen LogP contribution in [0.2, 0.25) is 0 Å². The molecule has 1 aromatic rings. The molecule has 0 atom stereocenters. The van der Waals surface area contributed by atoms with Gasteiger partial charge in [-0.05, 0) is 17.7 Å². The number of hydrogen-bond acceptors (Lipinski definition) is 4. The average molecular weight is 266 g/mol. The summed E-state index contributed by atoms with van der Waals surface area (Å²) in [7, 11) is 1.23. The summed E-state index contributed by atoms with van der Waals surface area (Å²) in [5.41, 5.74) is 1.13. The normalized spacial score (nSPS) is 9.53. The number of benzene rings is 1. The monoisotopic (exact) mass is 266 g/mol. The first-order chi connectivity index (χ1) is 9.01. The van der Waals surface area contributed by atoms with E-state index in [-0.39, 0.29) is 13.0 Å². The molecule has 7 nitrogen and oxygen atoms in total. The molecule has 0 saturated heterocycles. The van der Waals surface area contributed by atoms with Gasteiger partial charge in [-0.1, -0.05) is 12.1 Å². The van der Waals surface area contributed by atoms with Crippen LogP contribution in [0.1, 0.15) is 5.56 Å². The Labute approximate surface area is 109 Å². The molecule has 1 rings (SSSR count). The number of rotatable bonds is 5. The summed E-state index contributed by atoms with van der Waals surface area (Å²) < 4.78 is 4.37. The predicted octanol–water partition coefficient (Wildman–Crippen LogP) is 0.608. The van der Waals surface area contributed by atoms with Crippen molar-refractivity contribution in [3.05, 3.63) is 29.8 Å². The molecule has 102 valence electrons. The number of urea groups is 1. The lowest BCUT2D eigenvalue weighted by molar-refractivity contribution is -0.139. The highest BCUT2D eigenvalue weighted by molar-refractivity contribution is 5.91. The number of ether oxygens (including phenoxy) is 1. The third-order valence-corrected chi connectivity index (χ3v) is 2.19. The molecule has 0 heterocycles. The fourth-order valence-corrected chi connectivity index (χ4v) is 1.28. The number of esters is 1. The first-order valence-electron chi connectivity index (χ1n) is 5.43. The maximum atomic E-state index is 11.4. The van der Waals surface area contributed by atoms with Crippen LogP contribution < -0.4 is 10.6 Å². The number of nitrogens with one attached hydrogen (secondary N) is 2. The van der Waals surface area contributed by atoms with Crippen LogP contribution in [0.15, 0.2) is 24.3 Å². The zero-order chi connectivity index (χ0) is 14.3. The molecule has 0 radical (unpaired) electrons. The van der Waals surface area contributed by atoms with Crippen LogP contribution in [0.3, 0.4) is 0 Å². The number of aliphatic carboxylic acids is 1. The predicted molar refractivity (Wildman–Crippen MR) is 66.8 cm³/mol. The van der Waals surface area contributed by atoms with Gasteiger partial charge in [-0.15, -0.1) is 0 Å². The molecule has 7 heteroatoms. The van der Waals surface area contributed by atoms with Crippen LogP contribution in [-0.4, -0.2) is 36.7 Å². The summed E-state index contributed by atoms with van der Waals surface area (Å²) in [5.74, 6) is -1.47. The Morgan fingerprint density at radius 2 is 1.84 bits per heavy atom. The second-order valence-electron chi connectivity index (χ2n) is 3.65. The standard InChI is InChI=1S/C12H14N2O5/c1-19-11(17)7-13-12(18)14-9-4-2-8(3-5-9)6-10(15)16/h2-5H,6-7H2,1H3,(H,15,16)(H2,13,14,18). The largest absolute Gasteiger partial charge is 0.481 e. The highest BCUT2D eigenvalue weighted by atomic mass is 16.5. The van der Waals surface area contributed by atoms with Gasteiger partial charge >= 0.3 is 18.0 Å². The molecule has 0 aliphatic carbocycles. The molecule has 0 saturated carbocycles. The number of carbonyl (C=O) groups excluding carboxylic acids is 2. The average Bonchev–Trinajstić information content (AvgIpc) is 2.37. The van der Waals surface area contributed by atoms with Crippen molar-refractivity contribution in [1.29, 1.82) is 0 Å². The number of carbonyl (C=O) groups is 3. The van der Waals surface area contributed by atoms with Crippen LogP contribution in [0.5, 0.6) is 0 Å². The Bertz CT molecular complexity index is 470. The Hall–Kier alpha value is -2.57. The van der Waals surface area contributed by atoms with E-state index in [1.54, 1.807) is 24.3 Å². The zero-order valence-corrected chi connectivity index (χ0v) is 10.3. The Morgan fingerprint density at radius 3 is 2.37 bits per heavy atom. The van der Waals surface area contributed by atoms with Gasteiger partial charge in [-0.2, -0.15) is 0 Å². The molecule has 0 fully saturated rings. The molecule has 0 bridgehead atoms. The number of hydrogen-bond donors (Lipinski definition) is 3. The van der Waals surface area contributed by atoms with Crippen LogP contribution in [0.25, 0.3) is 0 Å². The van der Waals surface area contributed by atoms with Gasteiger partial charge in [0.05, 0.1) is 13.5 Å². The van der Waals surface area contributed by atoms with Gasteiger partial charge in [0.15, 0.2) is 0 Å². The summed E-state index contributed by atoms with van der Waals surface area (Å²) in [4.78, 5) is 32.7. The van der Waals surface area contributed by atoms with Crippen LogP contribution in [0, 0.1) is 0 Å². The molecule has 19 heavy (non-hydrogen) atoms. The summed E-state index contributed by atoms with van der Waals surface area (Å²) in [6.07, 6.45) is -0.0746. The Balaban J connectivity index is 2.46. The van der Waals surface area contributed by atoms with E-state index in [2.05, 4.69) is 15.4 Å². The van der Waals surface area contributed by atoms with E-state index in [1.807, 2.05) is 0 Å². The summed E-state index contributed by atoms with van der Waals surface area (Å²) in [6.45, 7) is -0.223. The molecule has 0 aromatic heterocycles. The lowest BCUT2D eigenvalue weighted by Crippen LogP contribution is -2.33. The van der Waals surface area contributed by atoms with E-state index in [4.69, 9.17) is 5.11 Å². The van der Waals surface area contributed by atoms with E-state index in [9.17, 15) is 14.4 Å². The number of carboxylic acid groups (broad SMARTS) is 1. The van der Waals surface area contributed by atoms with Crippen LogP contribution >= 0.6 is 0 Å². The lowest BCUT2D eigenvalue weighted by Gasteiger charge is -2.07. The quantitative estimate of drug-likeness (QED) is 0.677. The van der Waals surface area contributed by atoms with Crippen LogP contribution in [0.4, 0.5) is 10.5 Å². The van der Waals surface area contributed by atoms with E-state index < -0.39 is 18.0 Å². The lowest BCUT2D eigenvalue weighted by atomic mass is 10.1. The number of amides is 2. The smallest absolute Gasteiger partial charge is 0.325 e. The second kappa shape index (κ2) is 7.00. The SMILES string of the molecule is COC(=O)CNC(=O)Nc1ccc(CC(=O)O)cc1. The fraction of sp³-hybridized carbons (Fsp3) is 0.250. The van der Waals surface area contributed by atoms with Crippen molar-refractivity contribution in [2.45, 2.75) is 6.42 Å². The Morgan fingerprint density at radius 1 is 1.21 bits per heavy atom. The molecule has 1 aromatic carbocycles. The van der Waals surface area contributed by atoms with Crippen molar-refractivity contribution >= 4 is 23.7 Å². The molecule has 0 aliphatic rings. The van der Waals surface area contributed by atoms with Crippen molar-refractivity contribution in [2.75, 3.05) is 19.0 Å². The topological polar surface area (TPSA) is 105 Å². The third kappa shape index (κ3) is 5.53. The molecule has 0 spiro atoms. The van der Waals surface area contributed by atoms with E-state index in [0.717, 1.165) is 0 Å². The highest BCUT2D eigenvalue weighted by Gasteiger charge is 2.05. The zero-order valence-electron chi connectivity index (χ0n) is 10.3. The third-order valence-electron chi connectivity index (χ3n) is 2.19. The van der Waals surface area contributed by atoms with Crippen molar-refractivity contribution < 1.29 is 24.2 Å². The van der Waals surface area contributed by atoms with E-state index in [0.29, 0.717) is 11.3 Å². The van der Waals surface area contributed by atoms with Crippen molar-refractivity contribution in [2.24, 2.45) is 0 Å². The number of anilines is 1.